The number of alkyl halides is 3. The van der Waals surface area contributed by atoms with Crippen molar-refractivity contribution in [3.8, 4) is 0 Å². The van der Waals surface area contributed by atoms with Gasteiger partial charge in [-0.15, -0.1) is 0 Å². The lowest BCUT2D eigenvalue weighted by molar-refractivity contribution is -0.141. The number of aromatic nitrogens is 2. The van der Waals surface area contributed by atoms with Crippen LogP contribution in [0.2, 0.25) is 5.28 Å². The highest BCUT2D eigenvalue weighted by molar-refractivity contribution is 7.89. The lowest BCUT2D eigenvalue weighted by Crippen LogP contribution is -2.19. The second-order valence-electron chi connectivity index (χ2n) is 3.55. The second kappa shape index (κ2) is 5.88. The summed E-state index contributed by atoms with van der Waals surface area (Å²) < 4.78 is 58.5. The molecule has 108 valence electrons. The third kappa shape index (κ3) is 6.03. The Balaban J connectivity index is 2.67. The smallest absolute Gasteiger partial charge is 0.370 e. The molecule has 0 radical (unpaired) electrons. The lowest BCUT2D eigenvalue weighted by atomic mass is 10.3. The number of hydrogen-bond donors (Lipinski definition) is 2. The summed E-state index contributed by atoms with van der Waals surface area (Å²) in [7, 11) is -3.60. The first-order chi connectivity index (χ1) is 8.58. The van der Waals surface area contributed by atoms with Gasteiger partial charge in [0.25, 0.3) is 0 Å². The number of nitrogens with zero attached hydrogens (tertiary/aromatic N) is 2. The van der Waals surface area contributed by atoms with Gasteiger partial charge in [0.15, 0.2) is 5.69 Å². The number of halogens is 4. The molecule has 1 heterocycles. The maximum Gasteiger partial charge on any atom is 0.433 e. The maximum absolute atomic E-state index is 12.4. The van der Waals surface area contributed by atoms with Crippen LogP contribution in [0.1, 0.15) is 12.1 Å². The Morgan fingerprint density at radius 3 is 2.53 bits per heavy atom. The van der Waals surface area contributed by atoms with Crippen molar-refractivity contribution in [1.29, 1.82) is 0 Å². The van der Waals surface area contributed by atoms with E-state index in [9.17, 15) is 21.6 Å². The van der Waals surface area contributed by atoms with Crippen LogP contribution in [0.4, 0.5) is 19.0 Å². The van der Waals surface area contributed by atoms with E-state index in [2.05, 4.69) is 15.3 Å². The molecule has 6 nitrogen and oxygen atoms in total. The molecule has 1 aromatic heterocycles. The zero-order valence-corrected chi connectivity index (χ0v) is 11.0. The second-order valence-corrected chi connectivity index (χ2v) is 5.62. The number of rotatable bonds is 5. The Morgan fingerprint density at radius 2 is 2.00 bits per heavy atom. The Morgan fingerprint density at radius 1 is 1.37 bits per heavy atom. The van der Waals surface area contributed by atoms with E-state index in [1.54, 1.807) is 0 Å². The number of primary sulfonamides is 1. The minimum atomic E-state index is -4.64. The molecule has 0 fully saturated rings. The van der Waals surface area contributed by atoms with Gasteiger partial charge in [0, 0.05) is 12.6 Å². The predicted octanol–water partition coefficient (Wildman–Crippen LogP) is 1.24. The Bertz CT molecular complexity index is 549. The molecule has 0 aliphatic rings. The zero-order valence-electron chi connectivity index (χ0n) is 9.41. The molecule has 0 aromatic carbocycles. The average Bonchev–Trinajstić information content (AvgIpc) is 2.21. The summed E-state index contributed by atoms with van der Waals surface area (Å²) in [6, 6.07) is 0.683. The van der Waals surface area contributed by atoms with Crippen LogP contribution in [-0.4, -0.2) is 30.7 Å². The molecular weight excluding hydrogens is 309 g/mol. The first-order valence-corrected chi connectivity index (χ1v) is 7.03. The van der Waals surface area contributed by atoms with Crippen molar-refractivity contribution in [1.82, 2.24) is 9.97 Å². The number of nitrogens with one attached hydrogen (secondary N) is 1. The van der Waals surface area contributed by atoms with Crippen molar-refractivity contribution in [2.75, 3.05) is 17.6 Å². The van der Waals surface area contributed by atoms with Crippen molar-refractivity contribution >= 4 is 27.4 Å². The molecule has 0 unspecified atom stereocenters. The fourth-order valence-electron chi connectivity index (χ4n) is 1.14. The summed E-state index contributed by atoms with van der Waals surface area (Å²) in [4.78, 5) is 6.59. The van der Waals surface area contributed by atoms with Crippen molar-refractivity contribution in [2.24, 2.45) is 5.14 Å². The minimum absolute atomic E-state index is 0.0844. The largest absolute Gasteiger partial charge is 0.433 e. The highest BCUT2D eigenvalue weighted by Gasteiger charge is 2.33. The molecular formula is C8H10ClF3N4O2S. The topological polar surface area (TPSA) is 98.0 Å². The van der Waals surface area contributed by atoms with E-state index in [-0.39, 0.29) is 24.5 Å². The van der Waals surface area contributed by atoms with Crippen LogP contribution in [0.25, 0.3) is 0 Å². The van der Waals surface area contributed by atoms with E-state index >= 15 is 0 Å². The standard InChI is InChI=1S/C8H10ClF3N4O2S/c9-7-15-5(8(10,11)12)4-6(16-7)14-2-1-3-19(13,17)18/h4H,1-3H2,(H2,13,17,18)(H,14,15,16). The fraction of sp³-hybridized carbons (Fsp3) is 0.500. The molecule has 0 saturated carbocycles. The monoisotopic (exact) mass is 318 g/mol. The van der Waals surface area contributed by atoms with Crippen LogP contribution in [0.15, 0.2) is 6.07 Å². The van der Waals surface area contributed by atoms with Crippen molar-refractivity contribution in [3.05, 3.63) is 17.0 Å². The molecule has 0 saturated heterocycles. The quantitative estimate of drug-likeness (QED) is 0.628. The zero-order chi connectivity index (χ0) is 14.7. The number of anilines is 1. The van der Waals surface area contributed by atoms with E-state index in [1.165, 1.54) is 0 Å². The average molecular weight is 319 g/mol. The van der Waals surface area contributed by atoms with Crippen molar-refractivity contribution in [2.45, 2.75) is 12.6 Å². The van der Waals surface area contributed by atoms with Crippen LogP contribution in [0.3, 0.4) is 0 Å². The molecule has 0 aliphatic carbocycles. The first-order valence-electron chi connectivity index (χ1n) is 4.94. The summed E-state index contributed by atoms with van der Waals surface area (Å²) in [6.07, 6.45) is -4.51. The minimum Gasteiger partial charge on any atom is -0.370 e. The van der Waals surface area contributed by atoms with E-state index in [0.29, 0.717) is 6.07 Å². The van der Waals surface area contributed by atoms with Crippen molar-refractivity contribution in [3.63, 3.8) is 0 Å². The Hall–Kier alpha value is -1.13. The highest BCUT2D eigenvalue weighted by atomic mass is 35.5. The van der Waals surface area contributed by atoms with Gasteiger partial charge >= 0.3 is 6.18 Å². The number of nitrogens with two attached hydrogens (primary N) is 1. The van der Waals surface area contributed by atoms with Gasteiger partial charge in [-0.3, -0.25) is 0 Å². The molecule has 11 heteroatoms. The van der Waals surface area contributed by atoms with Gasteiger partial charge in [0.2, 0.25) is 15.3 Å². The summed E-state index contributed by atoms with van der Waals surface area (Å²) in [5.41, 5.74) is -1.18. The van der Waals surface area contributed by atoms with Gasteiger partial charge in [-0.1, -0.05) is 0 Å². The predicted molar refractivity (Wildman–Crippen MR) is 63.1 cm³/mol. The SMILES string of the molecule is NS(=O)(=O)CCCNc1cc(C(F)(F)F)nc(Cl)n1. The van der Waals surface area contributed by atoms with Gasteiger partial charge in [0.1, 0.15) is 5.82 Å². The third-order valence-electron chi connectivity index (χ3n) is 1.90. The molecule has 1 aromatic rings. The van der Waals surface area contributed by atoms with E-state index < -0.39 is 27.2 Å². The van der Waals surface area contributed by atoms with Crippen LogP contribution in [0.5, 0.6) is 0 Å². The van der Waals surface area contributed by atoms with Gasteiger partial charge in [-0.25, -0.2) is 23.5 Å². The molecule has 0 bridgehead atoms. The van der Waals surface area contributed by atoms with Crippen LogP contribution >= 0.6 is 11.6 Å². The van der Waals surface area contributed by atoms with Gasteiger partial charge < -0.3 is 5.32 Å². The van der Waals surface area contributed by atoms with Crippen LogP contribution < -0.4 is 10.5 Å². The Kier molecular flexibility index (Phi) is 4.93. The normalized spacial score (nSPS) is 12.5. The summed E-state index contributed by atoms with van der Waals surface area (Å²) in [5, 5.41) is 6.73. The van der Waals surface area contributed by atoms with Gasteiger partial charge in [-0.2, -0.15) is 13.2 Å². The maximum atomic E-state index is 12.4. The molecule has 0 atom stereocenters. The van der Waals surface area contributed by atoms with Gasteiger partial charge in [0.05, 0.1) is 5.75 Å². The summed E-state index contributed by atoms with van der Waals surface area (Å²) >= 11 is 5.36. The molecule has 19 heavy (non-hydrogen) atoms. The van der Waals surface area contributed by atoms with Gasteiger partial charge in [-0.05, 0) is 18.0 Å². The third-order valence-corrected chi connectivity index (χ3v) is 2.93. The Labute approximate surface area is 112 Å². The molecule has 0 spiro atoms. The number of sulfonamides is 1. The van der Waals surface area contributed by atoms with E-state index in [0.717, 1.165) is 0 Å². The van der Waals surface area contributed by atoms with Crippen molar-refractivity contribution < 1.29 is 21.6 Å². The van der Waals surface area contributed by atoms with Crippen LogP contribution in [0, 0.1) is 0 Å². The summed E-state index contributed by atoms with van der Waals surface area (Å²) in [6.45, 7) is 0.0844. The molecule has 3 N–H and O–H groups in total. The van der Waals surface area contributed by atoms with E-state index in [1.807, 2.05) is 0 Å². The lowest BCUT2D eigenvalue weighted by Gasteiger charge is -2.09. The molecule has 1 rings (SSSR count). The number of hydrogen-bond acceptors (Lipinski definition) is 5. The fourth-order valence-corrected chi connectivity index (χ4v) is 1.87. The first kappa shape index (κ1) is 15.9. The van der Waals surface area contributed by atoms with E-state index in [4.69, 9.17) is 16.7 Å². The van der Waals surface area contributed by atoms with Crippen LogP contribution in [-0.2, 0) is 16.2 Å². The summed E-state index contributed by atoms with van der Waals surface area (Å²) in [5.74, 6) is -0.424. The highest BCUT2D eigenvalue weighted by Crippen LogP contribution is 2.29. The molecule has 0 aliphatic heterocycles. The molecule has 0 amide bonds.